The number of hydrogen-bond donors (Lipinski definition) is 1. The van der Waals surface area contributed by atoms with E-state index in [0.29, 0.717) is 12.1 Å². The molecular formula is C13H20BrN3. The van der Waals surface area contributed by atoms with Gasteiger partial charge in [0.05, 0.1) is 5.69 Å². The summed E-state index contributed by atoms with van der Waals surface area (Å²) < 4.78 is 0.909. The number of rotatable bonds is 3. The van der Waals surface area contributed by atoms with Crippen molar-refractivity contribution < 1.29 is 0 Å². The Kier molecular flexibility index (Phi) is 4.54. The zero-order valence-corrected chi connectivity index (χ0v) is 12.1. The average Bonchev–Trinajstić information content (AvgIpc) is 2.32. The van der Waals surface area contributed by atoms with Crippen LogP contribution >= 0.6 is 15.9 Å². The maximum absolute atomic E-state index is 4.50. The summed E-state index contributed by atoms with van der Waals surface area (Å²) in [5.74, 6) is 0. The lowest BCUT2D eigenvalue weighted by atomic mass is 10.0. The van der Waals surface area contributed by atoms with Gasteiger partial charge in [0.25, 0.3) is 0 Å². The molecule has 0 radical (unpaired) electrons. The Bertz CT molecular complexity index is 361. The first-order chi connectivity index (χ1) is 8.15. The van der Waals surface area contributed by atoms with Gasteiger partial charge >= 0.3 is 0 Å². The third-order valence-electron chi connectivity index (χ3n) is 3.38. The molecule has 2 rings (SSSR count). The van der Waals surface area contributed by atoms with Crippen molar-refractivity contribution in [2.24, 2.45) is 0 Å². The molecule has 1 aromatic rings. The monoisotopic (exact) mass is 297 g/mol. The molecule has 0 aromatic carbocycles. The number of nitrogens with zero attached hydrogens (tertiary/aromatic N) is 2. The van der Waals surface area contributed by atoms with Crippen molar-refractivity contribution in [3.05, 3.63) is 28.5 Å². The lowest BCUT2D eigenvalue weighted by Gasteiger charge is -2.31. The molecular weight excluding hydrogens is 278 g/mol. The Hall–Kier alpha value is -0.450. The van der Waals surface area contributed by atoms with E-state index in [1.54, 1.807) is 0 Å². The summed E-state index contributed by atoms with van der Waals surface area (Å²) >= 11 is 3.42. The van der Waals surface area contributed by atoms with Crippen LogP contribution in [0.5, 0.6) is 0 Å². The van der Waals surface area contributed by atoms with Crippen LogP contribution in [0.1, 0.15) is 31.5 Å². The highest BCUT2D eigenvalue weighted by molar-refractivity contribution is 9.10. The van der Waals surface area contributed by atoms with Gasteiger partial charge in [-0.1, -0.05) is 6.07 Å². The van der Waals surface area contributed by atoms with Crippen LogP contribution in [-0.2, 0) is 0 Å². The number of aromatic nitrogens is 1. The fraction of sp³-hybridized carbons (Fsp3) is 0.615. The van der Waals surface area contributed by atoms with Crippen molar-refractivity contribution in [3.63, 3.8) is 0 Å². The van der Waals surface area contributed by atoms with Gasteiger partial charge in [-0.3, -0.25) is 0 Å². The molecule has 1 aliphatic rings. The lowest BCUT2D eigenvalue weighted by molar-refractivity contribution is 0.226. The molecule has 4 heteroatoms. The average molecular weight is 298 g/mol. The number of piperidine rings is 1. The van der Waals surface area contributed by atoms with Gasteiger partial charge in [-0.25, -0.2) is 4.98 Å². The third-order valence-corrected chi connectivity index (χ3v) is 3.83. The third kappa shape index (κ3) is 3.76. The van der Waals surface area contributed by atoms with Crippen LogP contribution in [0.15, 0.2) is 22.8 Å². The first-order valence-electron chi connectivity index (χ1n) is 6.22. The van der Waals surface area contributed by atoms with Crippen molar-refractivity contribution in [3.8, 4) is 0 Å². The topological polar surface area (TPSA) is 28.2 Å². The molecule has 3 nitrogen and oxygen atoms in total. The lowest BCUT2D eigenvalue weighted by Crippen LogP contribution is -2.41. The van der Waals surface area contributed by atoms with Gasteiger partial charge in [-0.15, -0.1) is 0 Å². The van der Waals surface area contributed by atoms with E-state index in [0.717, 1.165) is 10.3 Å². The molecule has 0 bridgehead atoms. The molecule has 0 aliphatic carbocycles. The van der Waals surface area contributed by atoms with Crippen molar-refractivity contribution in [2.75, 3.05) is 20.1 Å². The summed E-state index contributed by atoms with van der Waals surface area (Å²) in [6, 6.07) is 7.03. The fourth-order valence-electron chi connectivity index (χ4n) is 2.28. The number of halogens is 1. The normalized spacial score (nSPS) is 20.4. The summed E-state index contributed by atoms with van der Waals surface area (Å²) in [5.41, 5.74) is 1.11. The van der Waals surface area contributed by atoms with Crippen LogP contribution in [0.25, 0.3) is 0 Å². The minimum Gasteiger partial charge on any atom is -0.306 e. The molecule has 1 fully saturated rings. The smallest absolute Gasteiger partial charge is 0.106 e. The van der Waals surface area contributed by atoms with Crippen LogP contribution in [0, 0.1) is 0 Å². The molecule has 0 spiro atoms. The van der Waals surface area contributed by atoms with E-state index in [-0.39, 0.29) is 0 Å². The fourth-order valence-corrected chi connectivity index (χ4v) is 2.64. The van der Waals surface area contributed by atoms with E-state index in [2.05, 4.69) is 51.2 Å². The van der Waals surface area contributed by atoms with E-state index in [1.807, 2.05) is 12.1 Å². The summed E-state index contributed by atoms with van der Waals surface area (Å²) in [4.78, 5) is 6.89. The largest absolute Gasteiger partial charge is 0.306 e. The standard InChI is InChI=1S/C13H20BrN3/c1-10(12-4-3-5-13(14)16-12)15-11-6-8-17(2)9-7-11/h3-5,10-11,15H,6-9H2,1-2H3. The van der Waals surface area contributed by atoms with Gasteiger partial charge in [-0.2, -0.15) is 0 Å². The second-order valence-corrected chi connectivity index (χ2v) is 5.66. The van der Waals surface area contributed by atoms with Crippen LogP contribution in [0.2, 0.25) is 0 Å². The van der Waals surface area contributed by atoms with Gasteiger partial charge in [0.15, 0.2) is 0 Å². The zero-order chi connectivity index (χ0) is 12.3. The van der Waals surface area contributed by atoms with E-state index in [9.17, 15) is 0 Å². The highest BCUT2D eigenvalue weighted by Gasteiger charge is 2.19. The zero-order valence-electron chi connectivity index (χ0n) is 10.5. The second kappa shape index (κ2) is 5.94. The van der Waals surface area contributed by atoms with Crippen molar-refractivity contribution >= 4 is 15.9 Å². The van der Waals surface area contributed by atoms with Gasteiger partial charge in [0, 0.05) is 12.1 Å². The molecule has 0 amide bonds. The molecule has 2 heterocycles. The van der Waals surface area contributed by atoms with Gasteiger partial charge in [0.2, 0.25) is 0 Å². The molecule has 1 aromatic heterocycles. The minimum atomic E-state index is 0.320. The molecule has 0 saturated carbocycles. The van der Waals surface area contributed by atoms with E-state index < -0.39 is 0 Å². The van der Waals surface area contributed by atoms with Gasteiger partial charge < -0.3 is 10.2 Å². The van der Waals surface area contributed by atoms with E-state index >= 15 is 0 Å². The number of pyridine rings is 1. The molecule has 1 atom stereocenters. The van der Waals surface area contributed by atoms with Crippen molar-refractivity contribution in [1.82, 2.24) is 15.2 Å². The quantitative estimate of drug-likeness (QED) is 0.869. The number of hydrogen-bond acceptors (Lipinski definition) is 3. The molecule has 1 saturated heterocycles. The van der Waals surface area contributed by atoms with Crippen LogP contribution < -0.4 is 5.32 Å². The van der Waals surface area contributed by atoms with E-state index in [1.165, 1.54) is 25.9 Å². The van der Waals surface area contributed by atoms with Crippen molar-refractivity contribution in [1.29, 1.82) is 0 Å². The maximum Gasteiger partial charge on any atom is 0.106 e. The highest BCUT2D eigenvalue weighted by Crippen LogP contribution is 2.17. The summed E-state index contributed by atoms with van der Waals surface area (Å²) in [7, 11) is 2.19. The Morgan fingerprint density at radius 2 is 2.12 bits per heavy atom. The summed E-state index contributed by atoms with van der Waals surface area (Å²) in [5, 5.41) is 3.67. The first kappa shape index (κ1) is 13.0. The Balaban J connectivity index is 1.90. The Morgan fingerprint density at radius 1 is 1.41 bits per heavy atom. The van der Waals surface area contributed by atoms with Crippen LogP contribution in [-0.4, -0.2) is 36.1 Å². The second-order valence-electron chi connectivity index (χ2n) is 4.85. The van der Waals surface area contributed by atoms with Crippen LogP contribution in [0.4, 0.5) is 0 Å². The van der Waals surface area contributed by atoms with E-state index in [4.69, 9.17) is 0 Å². The Labute approximate surface area is 112 Å². The number of nitrogens with one attached hydrogen (secondary N) is 1. The van der Waals surface area contributed by atoms with Gasteiger partial charge in [-0.05, 0) is 68.0 Å². The predicted octanol–water partition coefficient (Wildman–Crippen LogP) is 2.59. The molecule has 1 unspecified atom stereocenters. The first-order valence-corrected chi connectivity index (χ1v) is 7.01. The molecule has 1 aliphatic heterocycles. The minimum absolute atomic E-state index is 0.320. The number of likely N-dealkylation sites (tertiary alicyclic amines) is 1. The summed E-state index contributed by atoms with van der Waals surface area (Å²) in [6.07, 6.45) is 2.46. The highest BCUT2D eigenvalue weighted by atomic mass is 79.9. The van der Waals surface area contributed by atoms with Crippen molar-refractivity contribution in [2.45, 2.75) is 31.8 Å². The molecule has 17 heavy (non-hydrogen) atoms. The van der Waals surface area contributed by atoms with Crippen LogP contribution in [0.3, 0.4) is 0 Å². The predicted molar refractivity (Wildman–Crippen MR) is 74.0 cm³/mol. The molecule has 1 N–H and O–H groups in total. The SMILES string of the molecule is CC(NC1CCN(C)CC1)c1cccc(Br)n1. The maximum atomic E-state index is 4.50. The Morgan fingerprint density at radius 3 is 2.76 bits per heavy atom. The molecule has 94 valence electrons. The summed E-state index contributed by atoms with van der Waals surface area (Å²) in [6.45, 7) is 4.57. The van der Waals surface area contributed by atoms with Gasteiger partial charge in [0.1, 0.15) is 4.60 Å².